The minimum atomic E-state index is -4.82. The van der Waals surface area contributed by atoms with E-state index in [2.05, 4.69) is 15.6 Å². The molecule has 35 heavy (non-hydrogen) atoms. The Morgan fingerprint density at radius 1 is 0.971 bits per heavy atom. The Bertz CT molecular complexity index is 1270. The van der Waals surface area contributed by atoms with Crippen LogP contribution in [0.25, 0.3) is 0 Å². The van der Waals surface area contributed by atoms with Crippen LogP contribution in [0.4, 0.5) is 34.8 Å². The van der Waals surface area contributed by atoms with Gasteiger partial charge in [-0.1, -0.05) is 18.2 Å². The van der Waals surface area contributed by atoms with E-state index < -0.39 is 29.0 Å². The maximum absolute atomic E-state index is 13.9. The number of aryl methyl sites for hydroxylation is 1. The second-order valence-corrected chi connectivity index (χ2v) is 8.24. The maximum atomic E-state index is 13.9. The van der Waals surface area contributed by atoms with Gasteiger partial charge in [0.25, 0.3) is 11.8 Å². The molecule has 1 saturated heterocycles. The van der Waals surface area contributed by atoms with Crippen molar-refractivity contribution in [3.63, 3.8) is 0 Å². The molecule has 0 bridgehead atoms. The molecule has 1 aromatic heterocycles. The molecule has 0 atom stereocenters. The molecule has 10 heteroatoms. The molecule has 2 aromatic carbocycles. The van der Waals surface area contributed by atoms with E-state index in [1.54, 1.807) is 17.0 Å². The number of pyridine rings is 1. The highest BCUT2D eigenvalue weighted by Crippen LogP contribution is 2.31. The van der Waals surface area contributed by atoms with E-state index in [1.165, 1.54) is 12.3 Å². The van der Waals surface area contributed by atoms with E-state index in [9.17, 15) is 27.2 Å². The molecule has 0 spiro atoms. The predicted octanol–water partition coefficient (Wildman–Crippen LogP) is 5.78. The summed E-state index contributed by atoms with van der Waals surface area (Å²) in [6, 6.07) is 10.3. The van der Waals surface area contributed by atoms with Crippen molar-refractivity contribution in [2.75, 3.05) is 23.7 Å². The summed E-state index contributed by atoms with van der Waals surface area (Å²) in [5.74, 6) is -2.26. The van der Waals surface area contributed by atoms with Crippen LogP contribution in [0.5, 0.6) is 0 Å². The molecule has 2 N–H and O–H groups in total. The Morgan fingerprint density at radius 3 is 2.37 bits per heavy atom. The number of benzene rings is 2. The van der Waals surface area contributed by atoms with E-state index in [0.717, 1.165) is 18.4 Å². The molecule has 182 valence electrons. The molecular weight excluding hydrogens is 464 g/mol. The van der Waals surface area contributed by atoms with E-state index in [-0.39, 0.29) is 23.0 Å². The first kappa shape index (κ1) is 24.2. The van der Waals surface area contributed by atoms with Gasteiger partial charge in [0.05, 0.1) is 16.8 Å². The standard InChI is InChI=1S/C25H22F4N4O2/c1-15-6-2-3-7-20(15)31-22-21(12-17(14-30-22)24(35)33-8-4-5-9-33)32-23(34)16-10-18(25(27,28)29)13-19(26)11-16/h2-3,6-7,10-14H,4-5,8-9H2,1H3,(H,30,31)(H,32,34). The van der Waals surface area contributed by atoms with Gasteiger partial charge < -0.3 is 15.5 Å². The van der Waals surface area contributed by atoms with Crippen molar-refractivity contribution in [2.24, 2.45) is 0 Å². The number of nitrogens with one attached hydrogen (secondary N) is 2. The van der Waals surface area contributed by atoms with Crippen LogP contribution in [-0.2, 0) is 6.18 Å². The first-order chi connectivity index (χ1) is 16.6. The molecule has 1 fully saturated rings. The van der Waals surface area contributed by atoms with Gasteiger partial charge in [-0.3, -0.25) is 9.59 Å². The second-order valence-electron chi connectivity index (χ2n) is 8.24. The Morgan fingerprint density at radius 2 is 1.69 bits per heavy atom. The number of aromatic nitrogens is 1. The van der Waals surface area contributed by atoms with Crippen LogP contribution >= 0.6 is 0 Å². The number of carbonyl (C=O) groups is 2. The first-order valence-electron chi connectivity index (χ1n) is 10.9. The molecule has 0 saturated carbocycles. The lowest BCUT2D eigenvalue weighted by atomic mass is 10.1. The molecule has 2 heterocycles. The van der Waals surface area contributed by atoms with Crippen molar-refractivity contribution in [2.45, 2.75) is 25.9 Å². The van der Waals surface area contributed by atoms with Gasteiger partial charge in [-0.25, -0.2) is 9.37 Å². The average molecular weight is 486 g/mol. The molecule has 1 aliphatic heterocycles. The van der Waals surface area contributed by atoms with Gasteiger partial charge in [-0.05, 0) is 55.7 Å². The quantitative estimate of drug-likeness (QED) is 0.449. The van der Waals surface area contributed by atoms with Crippen LogP contribution in [0.2, 0.25) is 0 Å². The lowest BCUT2D eigenvalue weighted by Gasteiger charge is -2.18. The number of halogens is 4. The third-order valence-corrected chi connectivity index (χ3v) is 5.66. The number of alkyl halides is 3. The highest BCUT2D eigenvalue weighted by Gasteiger charge is 2.32. The smallest absolute Gasteiger partial charge is 0.339 e. The third-order valence-electron chi connectivity index (χ3n) is 5.66. The third kappa shape index (κ3) is 5.59. The predicted molar refractivity (Wildman–Crippen MR) is 123 cm³/mol. The molecule has 3 aromatic rings. The monoisotopic (exact) mass is 486 g/mol. The molecule has 0 aliphatic carbocycles. The van der Waals surface area contributed by atoms with Gasteiger partial charge in [0, 0.05) is 30.5 Å². The van der Waals surface area contributed by atoms with Crippen molar-refractivity contribution < 1.29 is 27.2 Å². The maximum Gasteiger partial charge on any atom is 0.416 e. The summed E-state index contributed by atoms with van der Waals surface area (Å²) in [7, 11) is 0. The zero-order chi connectivity index (χ0) is 25.2. The summed E-state index contributed by atoms with van der Waals surface area (Å²) in [5, 5.41) is 5.57. The zero-order valence-corrected chi connectivity index (χ0v) is 18.7. The second kappa shape index (κ2) is 9.73. The lowest BCUT2D eigenvalue weighted by molar-refractivity contribution is -0.137. The van der Waals surface area contributed by atoms with Gasteiger partial charge >= 0.3 is 6.18 Å². The van der Waals surface area contributed by atoms with Crippen molar-refractivity contribution in [1.82, 2.24) is 9.88 Å². The molecule has 0 radical (unpaired) electrons. The minimum absolute atomic E-state index is 0.0705. The Hall–Kier alpha value is -3.95. The average Bonchev–Trinajstić information content (AvgIpc) is 3.35. The van der Waals surface area contributed by atoms with Crippen molar-refractivity contribution in [3.8, 4) is 0 Å². The van der Waals surface area contributed by atoms with E-state index >= 15 is 0 Å². The van der Waals surface area contributed by atoms with E-state index in [4.69, 9.17) is 0 Å². The first-order valence-corrected chi connectivity index (χ1v) is 10.9. The summed E-state index contributed by atoms with van der Waals surface area (Å²) in [5.41, 5.74) is 0.0456. The molecular formula is C25H22F4N4O2. The number of para-hydroxylation sites is 1. The van der Waals surface area contributed by atoms with Crippen LogP contribution in [-0.4, -0.2) is 34.8 Å². The summed E-state index contributed by atoms with van der Waals surface area (Å²) in [6.07, 6.45) is -1.67. The number of amides is 2. The molecule has 6 nitrogen and oxygen atoms in total. The number of rotatable bonds is 5. The fraction of sp³-hybridized carbons (Fsp3) is 0.240. The highest BCUT2D eigenvalue weighted by molar-refractivity contribution is 6.07. The largest absolute Gasteiger partial charge is 0.416 e. The van der Waals surface area contributed by atoms with Crippen molar-refractivity contribution in [1.29, 1.82) is 0 Å². The minimum Gasteiger partial charge on any atom is -0.339 e. The number of nitrogens with zero attached hydrogens (tertiary/aromatic N) is 2. The zero-order valence-electron chi connectivity index (χ0n) is 18.7. The van der Waals surface area contributed by atoms with E-state index in [1.807, 2.05) is 19.1 Å². The summed E-state index contributed by atoms with van der Waals surface area (Å²) < 4.78 is 53.2. The molecule has 2 amide bonds. The summed E-state index contributed by atoms with van der Waals surface area (Å²) in [6.45, 7) is 3.07. The molecule has 4 rings (SSSR count). The van der Waals surface area contributed by atoms with Crippen LogP contribution in [0, 0.1) is 12.7 Å². The SMILES string of the molecule is Cc1ccccc1Nc1ncc(C(=O)N2CCCC2)cc1NC(=O)c1cc(F)cc(C(F)(F)F)c1. The topological polar surface area (TPSA) is 74.3 Å². The van der Waals surface area contributed by atoms with Gasteiger partial charge in [0.2, 0.25) is 0 Å². The van der Waals surface area contributed by atoms with Gasteiger partial charge in [-0.2, -0.15) is 13.2 Å². The normalized spacial score (nSPS) is 13.6. The molecule has 0 unspecified atom stereocenters. The summed E-state index contributed by atoms with van der Waals surface area (Å²) >= 11 is 0. The van der Waals surface area contributed by atoms with Crippen molar-refractivity contribution in [3.05, 3.63) is 82.8 Å². The fourth-order valence-corrected chi connectivity index (χ4v) is 3.80. The summed E-state index contributed by atoms with van der Waals surface area (Å²) in [4.78, 5) is 31.7. The van der Waals surface area contributed by atoms with Crippen molar-refractivity contribution >= 4 is 29.0 Å². The number of anilines is 3. The number of hydrogen-bond donors (Lipinski definition) is 2. The molecule has 1 aliphatic rings. The Balaban J connectivity index is 1.69. The van der Waals surface area contributed by atoms with Crippen LogP contribution in [0.1, 0.15) is 44.7 Å². The number of carbonyl (C=O) groups excluding carboxylic acids is 2. The van der Waals surface area contributed by atoms with Gasteiger partial charge in [0.1, 0.15) is 5.82 Å². The van der Waals surface area contributed by atoms with Gasteiger partial charge in [-0.15, -0.1) is 0 Å². The Kier molecular flexibility index (Phi) is 6.72. The van der Waals surface area contributed by atoms with Crippen LogP contribution in [0.15, 0.2) is 54.7 Å². The van der Waals surface area contributed by atoms with E-state index in [0.29, 0.717) is 37.0 Å². The van der Waals surface area contributed by atoms with Crippen LogP contribution in [0.3, 0.4) is 0 Å². The fourth-order valence-electron chi connectivity index (χ4n) is 3.80. The highest BCUT2D eigenvalue weighted by atomic mass is 19.4. The Labute approximate surface area is 199 Å². The number of likely N-dealkylation sites (tertiary alicyclic amines) is 1. The van der Waals surface area contributed by atoms with Gasteiger partial charge in [0.15, 0.2) is 5.82 Å². The lowest BCUT2D eigenvalue weighted by Crippen LogP contribution is -2.28. The van der Waals surface area contributed by atoms with Crippen LogP contribution < -0.4 is 10.6 Å². The number of hydrogen-bond acceptors (Lipinski definition) is 4.